The lowest BCUT2D eigenvalue weighted by molar-refractivity contribution is 0.557. The number of nitrogens with zero attached hydrogens (tertiary/aromatic N) is 1. The Hall–Kier alpha value is -3.07. The van der Waals surface area contributed by atoms with Crippen LogP contribution >= 0.6 is 0 Å². The number of aromatic nitrogens is 2. The van der Waals surface area contributed by atoms with Gasteiger partial charge in [0.25, 0.3) is 0 Å². The molecule has 2 heterocycles. The lowest BCUT2D eigenvalue weighted by atomic mass is 10.0. The summed E-state index contributed by atoms with van der Waals surface area (Å²) >= 11 is 0. The van der Waals surface area contributed by atoms with E-state index in [2.05, 4.69) is 17.1 Å². The number of aromatic amines is 1. The Morgan fingerprint density at radius 2 is 1.73 bits per heavy atom. The van der Waals surface area contributed by atoms with Crippen molar-refractivity contribution in [2.24, 2.45) is 0 Å². The van der Waals surface area contributed by atoms with Gasteiger partial charge in [0.05, 0.1) is 17.3 Å². The van der Waals surface area contributed by atoms with E-state index in [-0.39, 0.29) is 0 Å². The van der Waals surface area contributed by atoms with Crippen LogP contribution in [0.3, 0.4) is 0 Å². The van der Waals surface area contributed by atoms with Crippen molar-refractivity contribution in [1.82, 2.24) is 9.97 Å². The molecule has 1 N–H and O–H groups in total. The Balaban J connectivity index is 1.90. The minimum absolute atomic E-state index is 0.805. The Kier molecular flexibility index (Phi) is 3.09. The molecule has 0 fully saturated rings. The third-order valence-electron chi connectivity index (χ3n) is 3.56. The van der Waals surface area contributed by atoms with Crippen LogP contribution in [0, 0.1) is 0 Å². The average molecular weight is 286 g/mol. The van der Waals surface area contributed by atoms with Crippen molar-refractivity contribution in [3.63, 3.8) is 0 Å². The highest BCUT2D eigenvalue weighted by Crippen LogP contribution is 2.26. The summed E-state index contributed by atoms with van der Waals surface area (Å²) in [6, 6.07) is 22.0. The molecule has 106 valence electrons. The van der Waals surface area contributed by atoms with Gasteiger partial charge in [-0.2, -0.15) is 0 Å². The molecule has 0 aliphatic rings. The predicted molar refractivity (Wildman–Crippen MR) is 88.2 cm³/mol. The van der Waals surface area contributed by atoms with Crippen LogP contribution in [0.1, 0.15) is 17.1 Å². The SMILES string of the molecule is C(=C(c1ccccc1)c1nc2ccccc2[nH]1)c1ccco1. The number of rotatable bonds is 3. The van der Waals surface area contributed by atoms with Crippen molar-refractivity contribution in [3.05, 3.63) is 90.1 Å². The zero-order valence-corrected chi connectivity index (χ0v) is 11.9. The van der Waals surface area contributed by atoms with Crippen LogP contribution < -0.4 is 0 Å². The summed E-state index contributed by atoms with van der Waals surface area (Å²) in [5.41, 5.74) is 4.09. The summed E-state index contributed by atoms with van der Waals surface area (Å²) in [5.74, 6) is 1.64. The summed E-state index contributed by atoms with van der Waals surface area (Å²) in [6.07, 6.45) is 3.68. The lowest BCUT2D eigenvalue weighted by Crippen LogP contribution is -1.90. The highest BCUT2D eigenvalue weighted by Gasteiger charge is 2.11. The Morgan fingerprint density at radius 1 is 0.909 bits per heavy atom. The number of hydrogen-bond donors (Lipinski definition) is 1. The minimum Gasteiger partial charge on any atom is -0.465 e. The summed E-state index contributed by atoms with van der Waals surface area (Å²) in [6.45, 7) is 0. The van der Waals surface area contributed by atoms with Gasteiger partial charge in [0.2, 0.25) is 0 Å². The number of nitrogens with one attached hydrogen (secondary N) is 1. The maximum Gasteiger partial charge on any atom is 0.139 e. The standard InChI is InChI=1S/C19H14N2O/c1-2-7-14(8-3-1)16(13-15-9-6-12-22-15)19-20-17-10-4-5-11-18(17)21-19/h1-13H,(H,20,21). The molecule has 22 heavy (non-hydrogen) atoms. The molecule has 0 unspecified atom stereocenters. The van der Waals surface area contributed by atoms with Gasteiger partial charge >= 0.3 is 0 Å². The second-order valence-electron chi connectivity index (χ2n) is 5.04. The second kappa shape index (κ2) is 5.37. The van der Waals surface area contributed by atoms with Crippen LogP contribution in [0.5, 0.6) is 0 Å². The Morgan fingerprint density at radius 3 is 2.50 bits per heavy atom. The average Bonchev–Trinajstić information content (AvgIpc) is 3.22. The highest BCUT2D eigenvalue weighted by molar-refractivity contribution is 5.91. The van der Waals surface area contributed by atoms with Crippen LogP contribution in [-0.4, -0.2) is 9.97 Å². The van der Waals surface area contributed by atoms with E-state index in [4.69, 9.17) is 9.40 Å². The topological polar surface area (TPSA) is 41.8 Å². The van der Waals surface area contributed by atoms with E-state index in [1.165, 1.54) is 0 Å². The molecule has 4 rings (SSSR count). The fourth-order valence-electron chi connectivity index (χ4n) is 2.50. The van der Waals surface area contributed by atoms with Gasteiger partial charge < -0.3 is 9.40 Å². The molecule has 2 aromatic heterocycles. The summed E-state index contributed by atoms with van der Waals surface area (Å²) in [5, 5.41) is 0. The van der Waals surface area contributed by atoms with Gasteiger partial charge in [-0.15, -0.1) is 0 Å². The Bertz CT molecular complexity index is 885. The van der Waals surface area contributed by atoms with Crippen molar-refractivity contribution in [2.45, 2.75) is 0 Å². The van der Waals surface area contributed by atoms with Gasteiger partial charge in [-0.05, 0) is 35.9 Å². The molecule has 0 aliphatic heterocycles. The molecule has 0 spiro atoms. The van der Waals surface area contributed by atoms with E-state index < -0.39 is 0 Å². The van der Waals surface area contributed by atoms with Crippen molar-refractivity contribution >= 4 is 22.7 Å². The van der Waals surface area contributed by atoms with Gasteiger partial charge in [0.1, 0.15) is 11.6 Å². The molecule has 2 aromatic carbocycles. The molecule has 4 aromatic rings. The summed E-state index contributed by atoms with van der Waals surface area (Å²) in [7, 11) is 0. The maximum atomic E-state index is 5.46. The van der Waals surface area contributed by atoms with Gasteiger partial charge in [-0.3, -0.25) is 0 Å². The molecule has 0 saturated heterocycles. The van der Waals surface area contributed by atoms with Crippen LogP contribution in [0.15, 0.2) is 77.4 Å². The third-order valence-corrected chi connectivity index (χ3v) is 3.56. The first-order valence-electron chi connectivity index (χ1n) is 7.16. The predicted octanol–water partition coefficient (Wildman–Crippen LogP) is 4.74. The number of hydrogen-bond acceptors (Lipinski definition) is 2. The largest absolute Gasteiger partial charge is 0.465 e. The fourth-order valence-corrected chi connectivity index (χ4v) is 2.50. The van der Waals surface area contributed by atoms with Gasteiger partial charge in [-0.25, -0.2) is 4.98 Å². The number of fused-ring (bicyclic) bond motifs is 1. The maximum absolute atomic E-state index is 5.46. The lowest BCUT2D eigenvalue weighted by Gasteiger charge is -2.04. The van der Waals surface area contributed by atoms with E-state index in [1.807, 2.05) is 60.7 Å². The number of imidazole rings is 1. The fraction of sp³-hybridized carbons (Fsp3) is 0. The van der Waals surface area contributed by atoms with E-state index >= 15 is 0 Å². The first-order chi connectivity index (χ1) is 10.9. The van der Waals surface area contributed by atoms with Gasteiger partial charge in [-0.1, -0.05) is 42.5 Å². The molecule has 0 radical (unpaired) electrons. The molecule has 0 amide bonds. The summed E-state index contributed by atoms with van der Waals surface area (Å²) in [4.78, 5) is 8.09. The minimum atomic E-state index is 0.805. The van der Waals surface area contributed by atoms with Crippen LogP contribution in [0.4, 0.5) is 0 Å². The monoisotopic (exact) mass is 286 g/mol. The van der Waals surface area contributed by atoms with Crippen molar-refractivity contribution in [2.75, 3.05) is 0 Å². The van der Waals surface area contributed by atoms with Crippen LogP contribution in [0.2, 0.25) is 0 Å². The van der Waals surface area contributed by atoms with E-state index in [0.717, 1.165) is 33.8 Å². The van der Waals surface area contributed by atoms with Crippen molar-refractivity contribution < 1.29 is 4.42 Å². The van der Waals surface area contributed by atoms with E-state index in [1.54, 1.807) is 6.26 Å². The zero-order valence-electron chi connectivity index (χ0n) is 11.9. The summed E-state index contributed by atoms with van der Waals surface area (Å²) < 4.78 is 5.46. The normalized spacial score (nSPS) is 11.9. The van der Waals surface area contributed by atoms with Gasteiger partial charge in [0, 0.05) is 5.57 Å². The number of para-hydroxylation sites is 2. The second-order valence-corrected chi connectivity index (χ2v) is 5.04. The van der Waals surface area contributed by atoms with Crippen LogP contribution in [0.25, 0.3) is 22.7 Å². The molecule has 3 nitrogen and oxygen atoms in total. The molecule has 0 bridgehead atoms. The number of benzene rings is 2. The molecule has 0 atom stereocenters. The number of furan rings is 1. The third kappa shape index (κ3) is 2.33. The molecule has 0 aliphatic carbocycles. The van der Waals surface area contributed by atoms with Gasteiger partial charge in [0.15, 0.2) is 0 Å². The molecular formula is C19H14N2O. The smallest absolute Gasteiger partial charge is 0.139 e. The first kappa shape index (κ1) is 12.7. The number of H-pyrrole nitrogens is 1. The molecule has 0 saturated carbocycles. The van der Waals surface area contributed by atoms with E-state index in [0.29, 0.717) is 0 Å². The van der Waals surface area contributed by atoms with Crippen LogP contribution in [-0.2, 0) is 0 Å². The van der Waals surface area contributed by atoms with Crippen molar-refractivity contribution in [3.8, 4) is 0 Å². The first-order valence-corrected chi connectivity index (χ1v) is 7.16. The molecule has 3 heteroatoms. The van der Waals surface area contributed by atoms with Crippen molar-refractivity contribution in [1.29, 1.82) is 0 Å². The Labute approximate surface area is 127 Å². The molecular weight excluding hydrogens is 272 g/mol. The zero-order chi connectivity index (χ0) is 14.8. The highest BCUT2D eigenvalue weighted by atomic mass is 16.3. The van der Waals surface area contributed by atoms with E-state index in [9.17, 15) is 0 Å². The quantitative estimate of drug-likeness (QED) is 0.590.